The summed E-state index contributed by atoms with van der Waals surface area (Å²) >= 11 is 3.45. The van der Waals surface area contributed by atoms with Gasteiger partial charge in [-0.25, -0.2) is 9.97 Å². The first kappa shape index (κ1) is 20.6. The Labute approximate surface area is 199 Å². The molecule has 5 heterocycles. The molecular formula is C24H23BrN7O. The van der Waals surface area contributed by atoms with E-state index in [2.05, 4.69) is 47.1 Å². The normalized spacial score (nSPS) is 18.0. The lowest BCUT2D eigenvalue weighted by Gasteiger charge is -2.46. The van der Waals surface area contributed by atoms with Crippen LogP contribution in [0.5, 0.6) is 0 Å². The molecule has 1 N–H and O–H groups in total. The van der Waals surface area contributed by atoms with E-state index in [1.807, 2.05) is 52.3 Å². The van der Waals surface area contributed by atoms with Crippen LogP contribution >= 0.6 is 15.9 Å². The van der Waals surface area contributed by atoms with Crippen molar-refractivity contribution >= 4 is 32.9 Å². The van der Waals surface area contributed by atoms with Gasteiger partial charge in [-0.2, -0.15) is 5.10 Å². The molecule has 33 heavy (non-hydrogen) atoms. The second-order valence-electron chi connectivity index (χ2n) is 8.64. The fourth-order valence-electron chi connectivity index (χ4n) is 4.78. The molecule has 0 saturated carbocycles. The molecule has 2 aliphatic rings. The smallest absolute Gasteiger partial charge is 0.253 e. The first-order valence-electron chi connectivity index (χ1n) is 11.1. The van der Waals surface area contributed by atoms with Crippen LogP contribution in [0.1, 0.15) is 23.2 Å². The van der Waals surface area contributed by atoms with Gasteiger partial charge in [0.05, 0.1) is 11.9 Å². The number of amides is 1. The number of likely N-dealkylation sites (tertiary alicyclic amines) is 2. The zero-order chi connectivity index (χ0) is 22.4. The summed E-state index contributed by atoms with van der Waals surface area (Å²) in [5, 5.41) is 5.59. The predicted octanol–water partition coefficient (Wildman–Crippen LogP) is 3.58. The average molecular weight is 505 g/mol. The van der Waals surface area contributed by atoms with E-state index in [4.69, 9.17) is 0 Å². The third kappa shape index (κ3) is 3.85. The van der Waals surface area contributed by atoms with Gasteiger partial charge in [-0.05, 0) is 37.1 Å². The largest absolute Gasteiger partial charge is 0.346 e. The topological polar surface area (TPSA) is 82.9 Å². The van der Waals surface area contributed by atoms with E-state index in [0.717, 1.165) is 71.3 Å². The second-order valence-corrected chi connectivity index (χ2v) is 9.56. The fraction of sp³-hybridized carbons (Fsp3) is 0.292. The van der Waals surface area contributed by atoms with Crippen molar-refractivity contribution in [1.82, 2.24) is 34.5 Å². The van der Waals surface area contributed by atoms with Gasteiger partial charge >= 0.3 is 0 Å². The van der Waals surface area contributed by atoms with E-state index < -0.39 is 0 Å². The van der Waals surface area contributed by atoms with Gasteiger partial charge in [0.2, 0.25) is 0 Å². The zero-order valence-corrected chi connectivity index (χ0v) is 19.6. The van der Waals surface area contributed by atoms with Crippen molar-refractivity contribution in [2.24, 2.45) is 0 Å². The van der Waals surface area contributed by atoms with Crippen molar-refractivity contribution in [3.8, 4) is 11.3 Å². The molecule has 1 amide bonds. The van der Waals surface area contributed by atoms with Gasteiger partial charge in [0, 0.05) is 65.6 Å². The number of aromatic nitrogens is 5. The molecule has 0 aliphatic carbocycles. The summed E-state index contributed by atoms with van der Waals surface area (Å²) < 4.78 is 2.92. The molecule has 0 atom stereocenters. The number of halogens is 1. The molecule has 8 nitrogen and oxygen atoms in total. The molecule has 3 aromatic heterocycles. The lowest BCUT2D eigenvalue weighted by molar-refractivity contribution is 0.0515. The van der Waals surface area contributed by atoms with Crippen LogP contribution in [0.15, 0.2) is 59.7 Å². The van der Waals surface area contributed by atoms with Crippen LogP contribution in [0.4, 0.5) is 0 Å². The molecule has 0 spiro atoms. The lowest BCUT2D eigenvalue weighted by atomic mass is 9.97. The number of carbonyl (C=O) groups excluding carboxylic acids is 1. The van der Waals surface area contributed by atoms with Gasteiger partial charge in [0.15, 0.2) is 0 Å². The highest BCUT2D eigenvalue weighted by atomic mass is 79.9. The SMILES string of the molecule is O=C(c1cccc(Br)c1)N1CCC(N2C[C](n3cc(-c4ncnc5[nH]ccc45)cn3)C2)CC1. The number of piperidine rings is 1. The monoisotopic (exact) mass is 504 g/mol. The highest BCUT2D eigenvalue weighted by Gasteiger charge is 2.37. The summed E-state index contributed by atoms with van der Waals surface area (Å²) in [4.78, 5) is 29.1. The van der Waals surface area contributed by atoms with Crippen LogP contribution < -0.4 is 0 Å². The summed E-state index contributed by atoms with van der Waals surface area (Å²) in [5.74, 6) is 0.121. The molecule has 2 aliphatic heterocycles. The van der Waals surface area contributed by atoms with Gasteiger partial charge in [0.25, 0.3) is 5.91 Å². The van der Waals surface area contributed by atoms with Crippen LogP contribution in [0.3, 0.4) is 0 Å². The fourth-order valence-corrected chi connectivity index (χ4v) is 5.18. The molecule has 1 radical (unpaired) electrons. The lowest BCUT2D eigenvalue weighted by Crippen LogP contribution is -2.56. The Balaban J connectivity index is 1.05. The number of rotatable bonds is 4. The Morgan fingerprint density at radius 1 is 1.12 bits per heavy atom. The first-order valence-corrected chi connectivity index (χ1v) is 11.9. The number of hydrogen-bond donors (Lipinski definition) is 1. The number of fused-ring (bicyclic) bond motifs is 1. The number of nitrogens with one attached hydrogen (secondary N) is 1. The number of hydrogen-bond acceptors (Lipinski definition) is 5. The van der Waals surface area contributed by atoms with Gasteiger partial charge in [-0.15, -0.1) is 0 Å². The third-order valence-corrected chi connectivity index (χ3v) is 7.14. The summed E-state index contributed by atoms with van der Waals surface area (Å²) in [6.07, 6.45) is 9.39. The minimum atomic E-state index is 0.121. The van der Waals surface area contributed by atoms with Gasteiger partial charge < -0.3 is 9.88 Å². The van der Waals surface area contributed by atoms with Crippen LogP contribution in [-0.4, -0.2) is 72.7 Å². The quantitative estimate of drug-likeness (QED) is 0.459. The second kappa shape index (κ2) is 8.39. The van der Waals surface area contributed by atoms with Crippen molar-refractivity contribution in [3.63, 3.8) is 0 Å². The van der Waals surface area contributed by atoms with Gasteiger partial charge in [-0.1, -0.05) is 22.0 Å². The van der Waals surface area contributed by atoms with E-state index in [1.54, 1.807) is 6.33 Å². The Kier molecular flexibility index (Phi) is 5.22. The van der Waals surface area contributed by atoms with Crippen molar-refractivity contribution in [3.05, 3.63) is 71.3 Å². The highest BCUT2D eigenvalue weighted by molar-refractivity contribution is 9.10. The van der Waals surface area contributed by atoms with E-state index in [0.29, 0.717) is 6.04 Å². The Morgan fingerprint density at radius 3 is 2.79 bits per heavy atom. The van der Waals surface area contributed by atoms with Crippen LogP contribution in [0, 0.1) is 6.04 Å². The van der Waals surface area contributed by atoms with Crippen LogP contribution in [-0.2, 0) is 0 Å². The maximum atomic E-state index is 12.8. The molecule has 2 saturated heterocycles. The van der Waals surface area contributed by atoms with Crippen molar-refractivity contribution in [2.45, 2.75) is 18.9 Å². The minimum Gasteiger partial charge on any atom is -0.346 e. The molecule has 6 rings (SSSR count). The Hall–Kier alpha value is -3.04. The predicted molar refractivity (Wildman–Crippen MR) is 128 cm³/mol. The first-order chi connectivity index (χ1) is 16.2. The Morgan fingerprint density at radius 2 is 1.97 bits per heavy atom. The number of benzene rings is 1. The number of carbonyl (C=O) groups is 1. The van der Waals surface area contributed by atoms with Crippen LogP contribution in [0.2, 0.25) is 0 Å². The zero-order valence-electron chi connectivity index (χ0n) is 18.0. The third-order valence-electron chi connectivity index (χ3n) is 6.64. The molecule has 9 heteroatoms. The Bertz CT molecular complexity index is 1300. The van der Waals surface area contributed by atoms with E-state index in [1.165, 1.54) is 6.04 Å². The van der Waals surface area contributed by atoms with E-state index in [-0.39, 0.29) is 5.91 Å². The highest BCUT2D eigenvalue weighted by Crippen LogP contribution is 2.30. The molecule has 0 bridgehead atoms. The molecule has 4 aromatic rings. The number of nitrogens with zero attached hydrogens (tertiary/aromatic N) is 6. The van der Waals surface area contributed by atoms with Crippen molar-refractivity contribution in [2.75, 3.05) is 26.2 Å². The number of aromatic amines is 1. The summed E-state index contributed by atoms with van der Waals surface area (Å²) in [7, 11) is 0. The van der Waals surface area contributed by atoms with E-state index >= 15 is 0 Å². The van der Waals surface area contributed by atoms with Gasteiger partial charge in [0.1, 0.15) is 18.0 Å². The van der Waals surface area contributed by atoms with Crippen LogP contribution in [0.25, 0.3) is 22.3 Å². The standard InChI is InChI=1S/C24H23BrN7O/c25-18-3-1-2-16(10-18)24(33)30-8-5-19(6-9-30)31-13-20(14-31)32-12-17(11-29-32)22-21-4-7-26-23(21)28-15-27-22/h1-4,7,10-12,15,19H,5-6,8-9,13-14H2,(H,26,27,28). The van der Waals surface area contributed by atoms with Crippen molar-refractivity contribution in [1.29, 1.82) is 0 Å². The molecule has 2 fully saturated rings. The summed E-state index contributed by atoms with van der Waals surface area (Å²) in [6.45, 7) is 3.42. The maximum Gasteiger partial charge on any atom is 0.253 e. The molecule has 1 aromatic carbocycles. The maximum absolute atomic E-state index is 12.8. The summed E-state index contributed by atoms with van der Waals surface area (Å²) in [5.41, 5.74) is 3.47. The van der Waals surface area contributed by atoms with Crippen molar-refractivity contribution < 1.29 is 4.79 Å². The molecule has 167 valence electrons. The average Bonchev–Trinajstić information content (AvgIpc) is 3.48. The van der Waals surface area contributed by atoms with Gasteiger partial charge in [-0.3, -0.25) is 14.4 Å². The number of H-pyrrole nitrogens is 1. The molecule has 0 unspecified atom stereocenters. The molecular weight excluding hydrogens is 482 g/mol. The van der Waals surface area contributed by atoms with E-state index in [9.17, 15) is 4.79 Å². The summed E-state index contributed by atoms with van der Waals surface area (Å²) in [6, 6.07) is 11.4. The minimum absolute atomic E-state index is 0.121.